The first-order valence-electron chi connectivity index (χ1n) is 7.44. The Balaban J connectivity index is 1.84. The van der Waals surface area contributed by atoms with Gasteiger partial charge in [0.15, 0.2) is 23.0 Å². The fraction of sp³-hybridized carbons (Fsp3) is 0. The van der Waals surface area contributed by atoms with E-state index in [9.17, 15) is 0 Å². The lowest BCUT2D eigenvalue weighted by Gasteiger charge is -2.20. The van der Waals surface area contributed by atoms with Crippen molar-refractivity contribution in [1.82, 2.24) is 0 Å². The lowest BCUT2D eigenvalue weighted by Crippen LogP contribution is -2.22. The van der Waals surface area contributed by atoms with Crippen molar-refractivity contribution in [2.75, 3.05) is 0 Å². The van der Waals surface area contributed by atoms with E-state index < -0.39 is 0 Å². The van der Waals surface area contributed by atoms with Gasteiger partial charge in [-0.2, -0.15) is 0 Å². The molecule has 3 aromatic carbocycles. The summed E-state index contributed by atoms with van der Waals surface area (Å²) < 4.78 is 11.8. The zero-order valence-corrected chi connectivity index (χ0v) is 15.7. The number of halogens is 4. The van der Waals surface area contributed by atoms with E-state index in [1.54, 1.807) is 36.4 Å². The van der Waals surface area contributed by atoms with E-state index in [2.05, 4.69) is 9.98 Å². The highest BCUT2D eigenvalue weighted by Gasteiger charge is 2.27. The van der Waals surface area contributed by atoms with Crippen molar-refractivity contribution in [3.63, 3.8) is 0 Å². The van der Waals surface area contributed by atoms with Crippen LogP contribution < -0.4 is 20.2 Å². The Bertz CT molecular complexity index is 1140. The van der Waals surface area contributed by atoms with Crippen LogP contribution in [0.15, 0.2) is 46.4 Å². The molecule has 4 nitrogen and oxygen atoms in total. The van der Waals surface area contributed by atoms with Crippen molar-refractivity contribution in [3.05, 3.63) is 67.2 Å². The summed E-state index contributed by atoms with van der Waals surface area (Å²) in [4.78, 5) is 9.08. The van der Waals surface area contributed by atoms with Crippen LogP contribution >= 0.6 is 46.4 Å². The first-order chi connectivity index (χ1) is 12.5. The molecule has 2 aliphatic rings. The van der Waals surface area contributed by atoms with Crippen LogP contribution in [0, 0.1) is 0 Å². The van der Waals surface area contributed by atoms with E-state index in [0.29, 0.717) is 55.1 Å². The van der Waals surface area contributed by atoms with Crippen LogP contribution in [0.3, 0.4) is 0 Å². The normalized spacial score (nSPS) is 13.1. The van der Waals surface area contributed by atoms with Crippen molar-refractivity contribution in [3.8, 4) is 23.0 Å². The fourth-order valence-corrected chi connectivity index (χ4v) is 3.64. The molecule has 128 valence electrons. The van der Waals surface area contributed by atoms with E-state index in [0.717, 1.165) is 0 Å². The molecule has 0 saturated carbocycles. The zero-order valence-electron chi connectivity index (χ0n) is 12.7. The molecule has 0 radical (unpaired) electrons. The average molecular weight is 424 g/mol. The molecular formula is C18H6Cl4N2O2. The molecule has 0 saturated heterocycles. The van der Waals surface area contributed by atoms with Gasteiger partial charge in [0.25, 0.3) is 0 Å². The molecule has 0 bridgehead atoms. The minimum absolute atomic E-state index is 0.259. The maximum Gasteiger partial charge on any atom is 0.175 e. The molecule has 8 heteroatoms. The van der Waals surface area contributed by atoms with Crippen LogP contribution in [0.2, 0.25) is 20.1 Å². The predicted molar refractivity (Wildman–Crippen MR) is 101 cm³/mol. The van der Waals surface area contributed by atoms with Gasteiger partial charge in [-0.3, -0.25) is 0 Å². The monoisotopic (exact) mass is 422 g/mol. The molecule has 0 unspecified atom stereocenters. The predicted octanol–water partition coefficient (Wildman–Crippen LogP) is 6.41. The first kappa shape index (κ1) is 16.2. The number of rotatable bonds is 0. The minimum atomic E-state index is 0.259. The van der Waals surface area contributed by atoms with Crippen molar-refractivity contribution >= 4 is 57.8 Å². The smallest absolute Gasteiger partial charge is 0.175 e. The lowest BCUT2D eigenvalue weighted by atomic mass is 10.2. The van der Waals surface area contributed by atoms with Gasteiger partial charge in [-0.15, -0.1) is 0 Å². The van der Waals surface area contributed by atoms with E-state index >= 15 is 0 Å². The summed E-state index contributed by atoms with van der Waals surface area (Å²) in [5.74, 6) is 1.70. The minimum Gasteiger partial charge on any atom is -0.451 e. The Morgan fingerprint density at radius 2 is 1.04 bits per heavy atom. The molecule has 0 aromatic heterocycles. The second-order valence-corrected chi connectivity index (χ2v) is 7.26. The third-order valence-electron chi connectivity index (χ3n) is 3.98. The van der Waals surface area contributed by atoms with Gasteiger partial charge in [-0.25, -0.2) is 9.98 Å². The van der Waals surface area contributed by atoms with Crippen molar-refractivity contribution in [2.45, 2.75) is 0 Å². The Hall–Kier alpha value is -1.98. The maximum absolute atomic E-state index is 6.54. The first-order valence-corrected chi connectivity index (χ1v) is 8.95. The summed E-state index contributed by atoms with van der Waals surface area (Å²) in [5.41, 5.74) is 1.12. The highest BCUT2D eigenvalue weighted by molar-refractivity contribution is 6.35. The maximum atomic E-state index is 6.54. The van der Waals surface area contributed by atoms with E-state index in [4.69, 9.17) is 55.9 Å². The standard InChI is InChI=1S/C18H6Cl4N2O2/c19-7-1-3-11-9(5-7)23-15-14(22)18-16(13(21)17(15)25-11)24-10-6-8(20)2-4-12(10)26-18/h1-6H. The molecule has 3 aromatic rings. The second kappa shape index (κ2) is 5.76. The number of benzene rings is 3. The van der Waals surface area contributed by atoms with Gasteiger partial charge in [-0.1, -0.05) is 46.4 Å². The number of ether oxygens (including phenoxy) is 2. The highest BCUT2D eigenvalue weighted by Crippen LogP contribution is 2.43. The molecule has 0 amide bonds. The molecule has 5 rings (SSSR count). The van der Waals surface area contributed by atoms with Gasteiger partial charge in [0.2, 0.25) is 0 Å². The van der Waals surface area contributed by atoms with Gasteiger partial charge in [-0.05, 0) is 36.4 Å². The van der Waals surface area contributed by atoms with Gasteiger partial charge in [0.05, 0.1) is 0 Å². The summed E-state index contributed by atoms with van der Waals surface area (Å²) >= 11 is 25.2. The molecule has 26 heavy (non-hydrogen) atoms. The van der Waals surface area contributed by atoms with Gasteiger partial charge in [0, 0.05) is 10.0 Å². The van der Waals surface area contributed by atoms with Crippen LogP contribution in [-0.2, 0) is 0 Å². The molecule has 0 aliphatic carbocycles. The van der Waals surface area contributed by atoms with Gasteiger partial charge < -0.3 is 9.47 Å². The SMILES string of the molecule is Clc1ccc2c(c1)N=c1c(Cl)c3c(c(Cl)c1O2)=Nc1cc(Cl)ccc1O3. The third kappa shape index (κ3) is 2.37. The number of fused-ring (bicyclic) bond motifs is 4. The van der Waals surface area contributed by atoms with Crippen molar-refractivity contribution in [1.29, 1.82) is 0 Å². The fourth-order valence-electron chi connectivity index (χ4n) is 2.80. The van der Waals surface area contributed by atoms with Crippen LogP contribution in [0.25, 0.3) is 0 Å². The highest BCUT2D eigenvalue weighted by atomic mass is 35.5. The van der Waals surface area contributed by atoms with Crippen LogP contribution in [0.1, 0.15) is 0 Å². The summed E-state index contributed by atoms with van der Waals surface area (Å²) in [6, 6.07) is 10.2. The Morgan fingerprint density at radius 3 is 1.46 bits per heavy atom. The molecule has 0 atom stereocenters. The Kier molecular flexibility index (Phi) is 3.59. The zero-order chi connectivity index (χ0) is 18.0. The molecule has 2 heterocycles. The summed E-state index contributed by atoms with van der Waals surface area (Å²) in [7, 11) is 0. The van der Waals surface area contributed by atoms with Crippen molar-refractivity contribution in [2.24, 2.45) is 9.98 Å². The van der Waals surface area contributed by atoms with Gasteiger partial charge >= 0.3 is 0 Å². The quantitative estimate of drug-likeness (QED) is 0.288. The topological polar surface area (TPSA) is 43.2 Å². The summed E-state index contributed by atoms with van der Waals surface area (Å²) in [6.45, 7) is 0. The number of nitrogens with zero attached hydrogens (tertiary/aromatic N) is 2. The van der Waals surface area contributed by atoms with Crippen LogP contribution in [-0.4, -0.2) is 0 Å². The summed E-state index contributed by atoms with van der Waals surface area (Å²) in [6.07, 6.45) is 0. The molecule has 2 aliphatic heterocycles. The van der Waals surface area contributed by atoms with Gasteiger partial charge in [0.1, 0.15) is 32.1 Å². The van der Waals surface area contributed by atoms with E-state index in [-0.39, 0.29) is 10.0 Å². The largest absolute Gasteiger partial charge is 0.451 e. The number of hydrogen-bond donors (Lipinski definition) is 0. The molecule has 0 N–H and O–H groups in total. The second-order valence-electron chi connectivity index (χ2n) is 5.64. The lowest BCUT2D eigenvalue weighted by molar-refractivity contribution is 0.451. The third-order valence-corrected chi connectivity index (χ3v) is 5.15. The molecule has 0 fully saturated rings. The van der Waals surface area contributed by atoms with E-state index in [1.807, 2.05) is 0 Å². The Labute approximate surface area is 167 Å². The average Bonchev–Trinajstić information content (AvgIpc) is 2.63. The van der Waals surface area contributed by atoms with Crippen molar-refractivity contribution < 1.29 is 9.47 Å². The summed E-state index contributed by atoms with van der Waals surface area (Å²) in [5, 5.41) is 2.34. The van der Waals surface area contributed by atoms with Crippen LogP contribution in [0.4, 0.5) is 11.4 Å². The number of hydrogen-bond acceptors (Lipinski definition) is 4. The molecular weight excluding hydrogens is 418 g/mol. The van der Waals surface area contributed by atoms with Crippen LogP contribution in [0.5, 0.6) is 23.0 Å². The Morgan fingerprint density at radius 1 is 0.615 bits per heavy atom. The molecule has 0 spiro atoms. The van der Waals surface area contributed by atoms with E-state index in [1.165, 1.54) is 0 Å².